The molecule has 0 radical (unpaired) electrons. The molecule has 12 heavy (non-hydrogen) atoms. The van der Waals surface area contributed by atoms with Crippen LogP contribution in [-0.2, 0) is 4.79 Å². The SMILES string of the molecule is O=C[C@@](O)(CO)[C@H](O)[C@@H](O)CO. The predicted molar refractivity (Wildman–Crippen MR) is 37.2 cm³/mol. The number of carbonyl (C=O) groups excluding carboxylic acids is 1. The van der Waals surface area contributed by atoms with Crippen LogP contribution in [0, 0.1) is 0 Å². The van der Waals surface area contributed by atoms with Crippen molar-refractivity contribution < 1.29 is 30.3 Å². The molecule has 0 aromatic heterocycles. The number of aliphatic hydroxyl groups excluding tert-OH is 4. The first-order valence-corrected chi connectivity index (χ1v) is 3.28. The fourth-order valence-electron chi connectivity index (χ4n) is 0.634. The van der Waals surface area contributed by atoms with Crippen LogP contribution in [0.3, 0.4) is 0 Å². The zero-order valence-electron chi connectivity index (χ0n) is 6.29. The Morgan fingerprint density at radius 2 is 1.83 bits per heavy atom. The Hall–Kier alpha value is -0.530. The smallest absolute Gasteiger partial charge is 0.171 e. The predicted octanol–water partition coefficient (Wildman–Crippen LogP) is -3.38. The molecule has 0 bridgehead atoms. The monoisotopic (exact) mass is 180 g/mol. The molecule has 0 saturated heterocycles. The van der Waals surface area contributed by atoms with Crippen molar-refractivity contribution in [2.45, 2.75) is 17.8 Å². The fourth-order valence-corrected chi connectivity index (χ4v) is 0.634. The van der Waals surface area contributed by atoms with Gasteiger partial charge in [0.2, 0.25) is 0 Å². The average molecular weight is 180 g/mol. The van der Waals surface area contributed by atoms with Gasteiger partial charge in [-0.25, -0.2) is 0 Å². The Morgan fingerprint density at radius 1 is 1.33 bits per heavy atom. The van der Waals surface area contributed by atoms with Crippen molar-refractivity contribution in [2.24, 2.45) is 0 Å². The molecule has 0 spiro atoms. The second-order valence-corrected chi connectivity index (χ2v) is 2.46. The molecule has 0 saturated carbocycles. The summed E-state index contributed by atoms with van der Waals surface area (Å²) in [4.78, 5) is 10.2. The maximum atomic E-state index is 10.2. The number of aldehydes is 1. The average Bonchev–Trinajstić information content (AvgIpc) is 2.14. The van der Waals surface area contributed by atoms with Crippen LogP contribution in [0.1, 0.15) is 0 Å². The molecular formula is C6H12O6. The van der Waals surface area contributed by atoms with Gasteiger partial charge in [-0.2, -0.15) is 0 Å². The van der Waals surface area contributed by atoms with Gasteiger partial charge in [-0.3, -0.25) is 4.79 Å². The highest BCUT2D eigenvalue weighted by Gasteiger charge is 2.39. The minimum Gasteiger partial charge on any atom is -0.394 e. The Morgan fingerprint density at radius 3 is 2.08 bits per heavy atom. The van der Waals surface area contributed by atoms with Gasteiger partial charge in [-0.15, -0.1) is 0 Å². The number of carbonyl (C=O) groups is 1. The first-order chi connectivity index (χ1) is 5.51. The molecule has 0 aliphatic rings. The molecule has 6 heteroatoms. The summed E-state index contributed by atoms with van der Waals surface area (Å²) in [6, 6.07) is 0. The minimum atomic E-state index is -2.41. The molecule has 0 aromatic carbocycles. The standard InChI is InChI=1S/C6H12O6/c7-1-4(10)5(11)6(12,2-8)3-9/h2,4-5,7,9-12H,1,3H2/t4-,5+,6+/m0/s1. The third kappa shape index (κ3) is 2.23. The van der Waals surface area contributed by atoms with E-state index < -0.39 is 31.0 Å². The van der Waals surface area contributed by atoms with Crippen LogP contribution in [-0.4, -0.2) is 62.8 Å². The maximum absolute atomic E-state index is 10.2. The van der Waals surface area contributed by atoms with E-state index in [1.807, 2.05) is 0 Å². The van der Waals surface area contributed by atoms with E-state index in [1.165, 1.54) is 0 Å². The Bertz CT molecular complexity index is 149. The van der Waals surface area contributed by atoms with Crippen LogP contribution < -0.4 is 0 Å². The summed E-state index contributed by atoms with van der Waals surface area (Å²) in [5.74, 6) is 0. The van der Waals surface area contributed by atoms with Crippen LogP contribution in [0.4, 0.5) is 0 Å². The van der Waals surface area contributed by atoms with Gasteiger partial charge in [0, 0.05) is 0 Å². The molecule has 0 unspecified atom stereocenters. The van der Waals surface area contributed by atoms with E-state index in [0.717, 1.165) is 0 Å². The summed E-state index contributed by atoms with van der Waals surface area (Å²) in [5.41, 5.74) is -2.41. The minimum absolute atomic E-state index is 0.0868. The van der Waals surface area contributed by atoms with Gasteiger partial charge in [-0.1, -0.05) is 0 Å². The van der Waals surface area contributed by atoms with Gasteiger partial charge in [0.15, 0.2) is 11.9 Å². The van der Waals surface area contributed by atoms with Crippen LogP contribution >= 0.6 is 0 Å². The van der Waals surface area contributed by atoms with Crippen LogP contribution in [0.5, 0.6) is 0 Å². The van der Waals surface area contributed by atoms with Crippen molar-refractivity contribution in [1.82, 2.24) is 0 Å². The molecular weight excluding hydrogens is 168 g/mol. The summed E-state index contributed by atoms with van der Waals surface area (Å²) < 4.78 is 0. The summed E-state index contributed by atoms with van der Waals surface area (Å²) in [7, 11) is 0. The van der Waals surface area contributed by atoms with E-state index in [-0.39, 0.29) is 6.29 Å². The van der Waals surface area contributed by atoms with Crippen LogP contribution in [0.2, 0.25) is 0 Å². The van der Waals surface area contributed by atoms with Crippen LogP contribution in [0.15, 0.2) is 0 Å². The summed E-state index contributed by atoms with van der Waals surface area (Å²) in [5, 5.41) is 43.6. The molecule has 0 amide bonds. The third-order valence-electron chi connectivity index (χ3n) is 1.52. The lowest BCUT2D eigenvalue weighted by atomic mass is 9.95. The van der Waals surface area contributed by atoms with Gasteiger partial charge in [0.05, 0.1) is 13.2 Å². The second kappa shape index (κ2) is 4.48. The van der Waals surface area contributed by atoms with Gasteiger partial charge in [0.25, 0.3) is 0 Å². The molecule has 3 atom stereocenters. The van der Waals surface area contributed by atoms with E-state index in [1.54, 1.807) is 0 Å². The van der Waals surface area contributed by atoms with Gasteiger partial charge in [0.1, 0.15) is 12.2 Å². The Kier molecular flexibility index (Phi) is 4.29. The van der Waals surface area contributed by atoms with E-state index in [9.17, 15) is 4.79 Å². The molecule has 5 N–H and O–H groups in total. The Balaban J connectivity index is 4.40. The normalized spacial score (nSPS) is 21.1. The number of rotatable bonds is 5. The van der Waals surface area contributed by atoms with Gasteiger partial charge >= 0.3 is 0 Å². The van der Waals surface area contributed by atoms with Crippen molar-refractivity contribution >= 4 is 6.29 Å². The van der Waals surface area contributed by atoms with E-state index in [2.05, 4.69) is 0 Å². The van der Waals surface area contributed by atoms with E-state index >= 15 is 0 Å². The molecule has 0 aromatic rings. The summed E-state index contributed by atoms with van der Waals surface area (Å²) >= 11 is 0. The number of aliphatic hydroxyl groups is 5. The fraction of sp³-hybridized carbons (Fsp3) is 0.833. The zero-order valence-corrected chi connectivity index (χ0v) is 6.29. The van der Waals surface area contributed by atoms with Crippen molar-refractivity contribution in [3.8, 4) is 0 Å². The second-order valence-electron chi connectivity index (χ2n) is 2.46. The third-order valence-corrected chi connectivity index (χ3v) is 1.52. The van der Waals surface area contributed by atoms with Gasteiger partial charge < -0.3 is 25.5 Å². The first-order valence-electron chi connectivity index (χ1n) is 3.28. The van der Waals surface area contributed by atoms with Crippen molar-refractivity contribution in [3.05, 3.63) is 0 Å². The lowest BCUT2D eigenvalue weighted by Crippen LogP contribution is -2.54. The molecule has 0 aliphatic carbocycles. The highest BCUT2D eigenvalue weighted by atomic mass is 16.4. The molecule has 0 rings (SSSR count). The number of hydrogen-bond acceptors (Lipinski definition) is 6. The highest BCUT2D eigenvalue weighted by Crippen LogP contribution is 2.10. The number of hydrogen-bond donors (Lipinski definition) is 5. The maximum Gasteiger partial charge on any atom is 0.171 e. The first kappa shape index (κ1) is 11.5. The summed E-state index contributed by atoms with van der Waals surface area (Å²) in [6.45, 7) is -1.83. The van der Waals surface area contributed by atoms with Gasteiger partial charge in [-0.05, 0) is 0 Å². The molecule has 72 valence electrons. The largest absolute Gasteiger partial charge is 0.394 e. The quantitative estimate of drug-likeness (QED) is 0.282. The molecule has 0 aliphatic heterocycles. The summed E-state index contributed by atoms with van der Waals surface area (Å²) in [6.07, 6.45) is -3.64. The lowest BCUT2D eigenvalue weighted by molar-refractivity contribution is -0.162. The highest BCUT2D eigenvalue weighted by molar-refractivity contribution is 5.63. The zero-order chi connectivity index (χ0) is 9.78. The molecule has 6 nitrogen and oxygen atoms in total. The lowest BCUT2D eigenvalue weighted by Gasteiger charge is -2.27. The Labute approximate surface area is 68.7 Å². The van der Waals surface area contributed by atoms with Crippen molar-refractivity contribution in [3.63, 3.8) is 0 Å². The van der Waals surface area contributed by atoms with Crippen molar-refractivity contribution in [1.29, 1.82) is 0 Å². The van der Waals surface area contributed by atoms with Crippen LogP contribution in [0.25, 0.3) is 0 Å². The molecule has 0 fully saturated rings. The van der Waals surface area contributed by atoms with E-state index in [4.69, 9.17) is 25.5 Å². The topological polar surface area (TPSA) is 118 Å². The molecule has 0 heterocycles. The van der Waals surface area contributed by atoms with Crippen molar-refractivity contribution in [2.75, 3.05) is 13.2 Å². The van der Waals surface area contributed by atoms with E-state index in [0.29, 0.717) is 0 Å².